The van der Waals surface area contributed by atoms with Crippen LogP contribution in [0.4, 0.5) is 0 Å². The Kier molecular flexibility index (Phi) is 4.96. The lowest BCUT2D eigenvalue weighted by Gasteiger charge is -1.94. The first-order valence-corrected chi connectivity index (χ1v) is 4.87. The molecule has 1 aliphatic carbocycles. The molecule has 0 unspecified atom stereocenters. The third kappa shape index (κ3) is 2.84. The molecule has 1 rings (SSSR count). The second-order valence-electron chi connectivity index (χ2n) is 3.69. The van der Waals surface area contributed by atoms with Crippen LogP contribution in [0.25, 0.3) is 0 Å². The van der Waals surface area contributed by atoms with Gasteiger partial charge in [-0.2, -0.15) is 0 Å². The summed E-state index contributed by atoms with van der Waals surface area (Å²) in [5, 5.41) is 0. The maximum absolute atomic E-state index is 2.22. The molecule has 0 atom stereocenters. The molecule has 0 fully saturated rings. The molecular formula is C12H22. The molecule has 12 heavy (non-hydrogen) atoms. The number of rotatable bonds is 0. The Bertz CT molecular complexity index is 182. The second-order valence-corrected chi connectivity index (χ2v) is 3.69. The lowest BCUT2D eigenvalue weighted by molar-refractivity contribution is 1.09. The summed E-state index contributed by atoms with van der Waals surface area (Å²) in [7, 11) is 0. The van der Waals surface area contributed by atoms with Crippen LogP contribution in [0.1, 0.15) is 54.4 Å². The van der Waals surface area contributed by atoms with E-state index >= 15 is 0 Å². The Morgan fingerprint density at radius 3 is 1.17 bits per heavy atom. The van der Waals surface area contributed by atoms with Gasteiger partial charge in [0.05, 0.1) is 0 Å². The van der Waals surface area contributed by atoms with Gasteiger partial charge in [0.25, 0.3) is 0 Å². The quantitative estimate of drug-likeness (QED) is 0.497. The lowest BCUT2D eigenvalue weighted by atomic mass is 10.1. The number of hydrogen-bond acceptors (Lipinski definition) is 0. The molecule has 0 saturated carbocycles. The molecule has 0 heteroatoms. The normalized spacial score (nSPS) is 16.5. The van der Waals surface area contributed by atoms with E-state index in [4.69, 9.17) is 0 Å². The average Bonchev–Trinajstić information content (AvgIpc) is 2.20. The first kappa shape index (κ1) is 11.5. The molecule has 0 nitrogen and oxygen atoms in total. The maximum Gasteiger partial charge on any atom is -0.0102 e. The van der Waals surface area contributed by atoms with Crippen LogP contribution in [0, 0.1) is 0 Å². The highest BCUT2D eigenvalue weighted by Crippen LogP contribution is 2.30. The monoisotopic (exact) mass is 166 g/mol. The molecule has 0 aliphatic heterocycles. The van der Waals surface area contributed by atoms with Crippen molar-refractivity contribution in [3.63, 3.8) is 0 Å². The minimum absolute atomic E-state index is 1.21. The van der Waals surface area contributed by atoms with Crippen LogP contribution in [-0.4, -0.2) is 0 Å². The molecule has 0 aromatic rings. The molecule has 0 heterocycles. The van der Waals surface area contributed by atoms with Gasteiger partial charge in [-0.1, -0.05) is 31.4 Å². The predicted molar refractivity (Wildman–Crippen MR) is 57.3 cm³/mol. The summed E-state index contributed by atoms with van der Waals surface area (Å²) in [4.78, 5) is 0. The van der Waals surface area contributed by atoms with Crippen molar-refractivity contribution >= 4 is 0 Å². The summed E-state index contributed by atoms with van der Waals surface area (Å²) < 4.78 is 0. The molecule has 0 N–H and O–H groups in total. The van der Waals surface area contributed by atoms with Crippen molar-refractivity contribution in [3.8, 4) is 0 Å². The summed E-state index contributed by atoms with van der Waals surface area (Å²) >= 11 is 0. The van der Waals surface area contributed by atoms with Crippen molar-refractivity contribution in [1.29, 1.82) is 0 Å². The minimum atomic E-state index is 1.21. The lowest BCUT2D eigenvalue weighted by Crippen LogP contribution is -1.74. The molecule has 0 amide bonds. The van der Waals surface area contributed by atoms with Crippen LogP contribution in [0.5, 0.6) is 0 Å². The summed E-state index contributed by atoms with van der Waals surface area (Å²) in [6.07, 6.45) is 2.46. The van der Waals surface area contributed by atoms with Crippen LogP contribution in [-0.2, 0) is 0 Å². The molecule has 0 bridgehead atoms. The van der Waals surface area contributed by atoms with Crippen molar-refractivity contribution in [2.75, 3.05) is 0 Å². The highest BCUT2D eigenvalue weighted by Gasteiger charge is 2.10. The van der Waals surface area contributed by atoms with Gasteiger partial charge in [0.2, 0.25) is 0 Å². The molecule has 1 aliphatic rings. The van der Waals surface area contributed by atoms with Crippen molar-refractivity contribution in [3.05, 3.63) is 22.3 Å². The van der Waals surface area contributed by atoms with E-state index in [-0.39, 0.29) is 0 Å². The van der Waals surface area contributed by atoms with Crippen LogP contribution < -0.4 is 0 Å². The van der Waals surface area contributed by atoms with Gasteiger partial charge < -0.3 is 0 Å². The molecule has 0 saturated heterocycles. The fourth-order valence-electron chi connectivity index (χ4n) is 1.30. The SMILES string of the molecule is CC1=C(C)C(C)=C(C)C1.CCC. The average molecular weight is 166 g/mol. The van der Waals surface area contributed by atoms with E-state index in [2.05, 4.69) is 41.5 Å². The zero-order valence-electron chi connectivity index (χ0n) is 9.41. The van der Waals surface area contributed by atoms with Gasteiger partial charge in [0, 0.05) is 0 Å². The molecule has 0 spiro atoms. The predicted octanol–water partition coefficient (Wildman–Crippen LogP) is 4.48. The molecule has 0 radical (unpaired) electrons. The standard InChI is InChI=1S/C9H14.C3H8/c1-6-5-7(2)9(4)8(6)3;1-3-2/h5H2,1-4H3;3H2,1-2H3. The van der Waals surface area contributed by atoms with Gasteiger partial charge in [-0.3, -0.25) is 0 Å². The highest BCUT2D eigenvalue weighted by atomic mass is 14.2. The van der Waals surface area contributed by atoms with Crippen molar-refractivity contribution in [1.82, 2.24) is 0 Å². The molecule has 0 aromatic carbocycles. The topological polar surface area (TPSA) is 0 Å². The van der Waals surface area contributed by atoms with Crippen LogP contribution in [0.2, 0.25) is 0 Å². The maximum atomic E-state index is 2.22. The molecule has 0 aromatic heterocycles. The highest BCUT2D eigenvalue weighted by molar-refractivity contribution is 5.43. The van der Waals surface area contributed by atoms with E-state index in [9.17, 15) is 0 Å². The Morgan fingerprint density at radius 1 is 0.833 bits per heavy atom. The summed E-state index contributed by atoms with van der Waals surface area (Å²) in [6.45, 7) is 13.1. The van der Waals surface area contributed by atoms with Crippen molar-refractivity contribution < 1.29 is 0 Å². The molecule has 70 valence electrons. The van der Waals surface area contributed by atoms with E-state index in [0.29, 0.717) is 0 Å². The minimum Gasteiger partial charge on any atom is -0.0661 e. The van der Waals surface area contributed by atoms with E-state index < -0.39 is 0 Å². The van der Waals surface area contributed by atoms with Crippen LogP contribution in [0.3, 0.4) is 0 Å². The Morgan fingerprint density at radius 2 is 1.08 bits per heavy atom. The van der Waals surface area contributed by atoms with E-state index in [0.717, 1.165) is 0 Å². The number of hydrogen-bond donors (Lipinski definition) is 0. The van der Waals surface area contributed by atoms with Gasteiger partial charge in [-0.15, -0.1) is 0 Å². The van der Waals surface area contributed by atoms with E-state index in [1.165, 1.54) is 24.0 Å². The summed E-state index contributed by atoms with van der Waals surface area (Å²) in [6, 6.07) is 0. The van der Waals surface area contributed by atoms with Crippen molar-refractivity contribution in [2.45, 2.75) is 54.4 Å². The largest absolute Gasteiger partial charge is 0.0661 e. The van der Waals surface area contributed by atoms with Crippen LogP contribution in [0.15, 0.2) is 22.3 Å². The Hall–Kier alpha value is -0.520. The van der Waals surface area contributed by atoms with Gasteiger partial charge >= 0.3 is 0 Å². The third-order valence-corrected chi connectivity index (χ3v) is 2.37. The fourth-order valence-corrected chi connectivity index (χ4v) is 1.30. The summed E-state index contributed by atoms with van der Waals surface area (Å²) in [5.74, 6) is 0. The van der Waals surface area contributed by atoms with Gasteiger partial charge in [0.1, 0.15) is 0 Å². The van der Waals surface area contributed by atoms with Gasteiger partial charge in [-0.05, 0) is 45.3 Å². The van der Waals surface area contributed by atoms with E-state index in [1.54, 1.807) is 11.1 Å². The second kappa shape index (κ2) is 5.18. The van der Waals surface area contributed by atoms with E-state index in [1.807, 2.05) is 0 Å². The Balaban J connectivity index is 0.000000354. The van der Waals surface area contributed by atoms with Crippen LogP contribution >= 0.6 is 0 Å². The fraction of sp³-hybridized carbons (Fsp3) is 0.667. The first-order chi connectivity index (χ1) is 5.54. The van der Waals surface area contributed by atoms with Gasteiger partial charge in [0.15, 0.2) is 0 Å². The zero-order chi connectivity index (χ0) is 9.72. The molecular weight excluding hydrogens is 144 g/mol. The zero-order valence-corrected chi connectivity index (χ0v) is 9.41. The third-order valence-electron chi connectivity index (χ3n) is 2.37. The smallest absolute Gasteiger partial charge is 0.0102 e. The first-order valence-electron chi connectivity index (χ1n) is 4.87. The summed E-state index contributed by atoms with van der Waals surface area (Å²) in [5.41, 5.74) is 6.11. The Labute approximate surface area is 77.4 Å². The number of allylic oxidation sites excluding steroid dienone is 4. The van der Waals surface area contributed by atoms with Crippen molar-refractivity contribution in [2.24, 2.45) is 0 Å². The van der Waals surface area contributed by atoms with Gasteiger partial charge in [-0.25, -0.2) is 0 Å².